The topological polar surface area (TPSA) is 38.2 Å². The molecule has 3 heterocycles. The molecule has 0 saturated heterocycles. The van der Waals surface area contributed by atoms with Crippen molar-refractivity contribution in [3.63, 3.8) is 0 Å². The van der Waals surface area contributed by atoms with Crippen LogP contribution in [0.1, 0.15) is 22.5 Å². The van der Waals surface area contributed by atoms with Crippen molar-refractivity contribution in [1.82, 2.24) is 9.97 Å². The summed E-state index contributed by atoms with van der Waals surface area (Å²) in [6.07, 6.45) is -1.49. The Morgan fingerprint density at radius 1 is 1.14 bits per heavy atom. The van der Waals surface area contributed by atoms with Crippen molar-refractivity contribution in [1.29, 1.82) is 0 Å². The highest BCUT2D eigenvalue weighted by molar-refractivity contribution is 7.14. The van der Waals surface area contributed by atoms with E-state index in [1.54, 1.807) is 19.4 Å². The average Bonchev–Trinajstić information content (AvgIpc) is 3.14. The highest BCUT2D eigenvalue weighted by atomic mass is 32.1. The van der Waals surface area contributed by atoms with Crippen molar-refractivity contribution >= 4 is 16.3 Å². The second kappa shape index (κ2) is 7.79. The third-order valence-corrected chi connectivity index (χ3v) is 5.53. The van der Waals surface area contributed by atoms with Crippen LogP contribution in [-0.2, 0) is 12.7 Å². The van der Waals surface area contributed by atoms with E-state index < -0.39 is 11.9 Å². The molecule has 0 aliphatic carbocycles. The van der Waals surface area contributed by atoms with E-state index >= 15 is 0 Å². The Morgan fingerprint density at radius 2 is 1.89 bits per heavy atom. The summed E-state index contributed by atoms with van der Waals surface area (Å²) in [7, 11) is 3.56. The van der Waals surface area contributed by atoms with Crippen molar-refractivity contribution < 1.29 is 17.9 Å². The number of hydrogen-bond donors (Lipinski definition) is 0. The van der Waals surface area contributed by atoms with Crippen LogP contribution < -0.4 is 9.64 Å². The Kier molecular flexibility index (Phi) is 5.60. The number of pyridine rings is 2. The van der Waals surface area contributed by atoms with Gasteiger partial charge in [-0.05, 0) is 43.2 Å². The minimum atomic E-state index is -4.46. The molecule has 4 nitrogen and oxygen atoms in total. The van der Waals surface area contributed by atoms with Gasteiger partial charge in [-0.1, -0.05) is 0 Å². The highest BCUT2D eigenvalue weighted by Gasteiger charge is 2.32. The summed E-state index contributed by atoms with van der Waals surface area (Å²) in [4.78, 5) is 9.94. The first kappa shape index (κ1) is 20.1. The van der Waals surface area contributed by atoms with Gasteiger partial charge in [0.2, 0.25) is 0 Å². The molecule has 0 fully saturated rings. The zero-order valence-corrected chi connectivity index (χ0v) is 16.8. The molecule has 0 spiro atoms. The third kappa shape index (κ3) is 4.11. The fraction of sp³-hybridized carbons (Fsp3) is 0.300. The lowest BCUT2D eigenvalue weighted by Gasteiger charge is -2.19. The molecule has 3 aromatic rings. The summed E-state index contributed by atoms with van der Waals surface area (Å²) in [5, 5.41) is 2.78. The number of thiophene rings is 1. The largest absolute Gasteiger partial charge is 0.496 e. The fourth-order valence-electron chi connectivity index (χ4n) is 2.97. The van der Waals surface area contributed by atoms with E-state index in [9.17, 15) is 13.2 Å². The van der Waals surface area contributed by atoms with Gasteiger partial charge < -0.3 is 9.64 Å². The normalized spacial score (nSPS) is 11.5. The number of ether oxygens (including phenoxy) is 1. The van der Waals surface area contributed by atoms with Gasteiger partial charge in [0.1, 0.15) is 11.4 Å². The van der Waals surface area contributed by atoms with Crippen molar-refractivity contribution in [2.24, 2.45) is 0 Å². The Balaban J connectivity index is 1.83. The fourth-order valence-corrected chi connectivity index (χ4v) is 3.87. The van der Waals surface area contributed by atoms with Crippen LogP contribution in [-0.4, -0.2) is 24.1 Å². The van der Waals surface area contributed by atoms with E-state index in [0.717, 1.165) is 39.2 Å². The molecule has 3 rings (SSSR count). The summed E-state index contributed by atoms with van der Waals surface area (Å²) in [5.41, 5.74) is 3.18. The predicted octanol–water partition coefficient (Wildman–Crippen LogP) is 5.49. The number of anilines is 1. The van der Waals surface area contributed by atoms with Crippen LogP contribution in [0.3, 0.4) is 0 Å². The lowest BCUT2D eigenvalue weighted by Crippen LogP contribution is -2.17. The van der Waals surface area contributed by atoms with E-state index in [4.69, 9.17) is 4.74 Å². The van der Waals surface area contributed by atoms with Gasteiger partial charge in [-0.25, -0.2) is 0 Å². The van der Waals surface area contributed by atoms with Gasteiger partial charge in [-0.3, -0.25) is 9.97 Å². The van der Waals surface area contributed by atoms with Gasteiger partial charge in [0, 0.05) is 35.9 Å². The lowest BCUT2D eigenvalue weighted by atomic mass is 10.1. The number of alkyl halides is 3. The van der Waals surface area contributed by atoms with Crippen LogP contribution in [0, 0.1) is 13.8 Å². The molecule has 0 aliphatic heterocycles. The summed E-state index contributed by atoms with van der Waals surface area (Å²) in [5.74, 6) is 0.821. The maximum atomic E-state index is 12.9. The molecule has 0 saturated carbocycles. The lowest BCUT2D eigenvalue weighted by molar-refractivity contribution is -0.141. The minimum Gasteiger partial charge on any atom is -0.496 e. The number of aryl methyl sites for hydroxylation is 1. The highest BCUT2D eigenvalue weighted by Crippen LogP contribution is 2.35. The monoisotopic (exact) mass is 407 g/mol. The van der Waals surface area contributed by atoms with Crippen LogP contribution in [0.2, 0.25) is 0 Å². The summed E-state index contributed by atoms with van der Waals surface area (Å²) >= 11 is 1.47. The van der Waals surface area contributed by atoms with Crippen molar-refractivity contribution in [2.75, 3.05) is 19.1 Å². The number of nitrogens with zero attached hydrogens (tertiary/aromatic N) is 3. The van der Waals surface area contributed by atoms with E-state index in [1.807, 2.05) is 37.2 Å². The van der Waals surface area contributed by atoms with Gasteiger partial charge >= 0.3 is 6.18 Å². The molecule has 0 bridgehead atoms. The summed E-state index contributed by atoms with van der Waals surface area (Å²) < 4.78 is 44.2. The maximum Gasteiger partial charge on any atom is 0.433 e. The first-order valence-corrected chi connectivity index (χ1v) is 9.41. The van der Waals surface area contributed by atoms with E-state index in [1.165, 1.54) is 17.5 Å². The molecule has 28 heavy (non-hydrogen) atoms. The van der Waals surface area contributed by atoms with Crippen molar-refractivity contribution in [2.45, 2.75) is 26.6 Å². The maximum absolute atomic E-state index is 12.9. The molecule has 8 heteroatoms. The van der Waals surface area contributed by atoms with Crippen LogP contribution in [0.5, 0.6) is 5.75 Å². The molecule has 0 N–H and O–H groups in total. The van der Waals surface area contributed by atoms with Crippen LogP contribution in [0.25, 0.3) is 11.1 Å². The molecule has 3 aromatic heterocycles. The molecule has 0 unspecified atom stereocenters. The van der Waals surface area contributed by atoms with Crippen molar-refractivity contribution in [3.8, 4) is 16.9 Å². The molecule has 0 atom stereocenters. The van der Waals surface area contributed by atoms with E-state index in [0.29, 0.717) is 12.1 Å². The molecule has 148 valence electrons. The summed E-state index contributed by atoms with van der Waals surface area (Å²) in [6, 6.07) is 4.53. The van der Waals surface area contributed by atoms with Gasteiger partial charge in [0.25, 0.3) is 0 Å². The molecule has 0 aliphatic rings. The van der Waals surface area contributed by atoms with Gasteiger partial charge in [-0.15, -0.1) is 11.3 Å². The van der Waals surface area contributed by atoms with Crippen LogP contribution in [0.4, 0.5) is 18.2 Å². The molecule has 0 aromatic carbocycles. The average molecular weight is 407 g/mol. The van der Waals surface area contributed by atoms with Crippen LogP contribution >= 0.6 is 11.3 Å². The predicted molar refractivity (Wildman–Crippen MR) is 105 cm³/mol. The molecular weight excluding hydrogens is 387 g/mol. The molecular formula is C20H20F3N3OS. The van der Waals surface area contributed by atoms with Crippen molar-refractivity contribution in [3.05, 3.63) is 58.5 Å². The molecule has 0 amide bonds. The summed E-state index contributed by atoms with van der Waals surface area (Å²) in [6.45, 7) is 4.48. The number of halogens is 3. The molecule has 0 radical (unpaired) electrons. The quantitative estimate of drug-likeness (QED) is 0.561. The Bertz CT molecular complexity index is 985. The SMILES string of the molecule is COc1c(C)cnc(CN(C)c2cc(-c3ccnc(C(F)(F)F)c3)cs2)c1C. The van der Waals surface area contributed by atoms with Gasteiger partial charge in [-0.2, -0.15) is 13.2 Å². The Labute approximate surface area is 165 Å². The van der Waals surface area contributed by atoms with E-state index in [2.05, 4.69) is 9.97 Å². The third-order valence-electron chi connectivity index (χ3n) is 4.48. The number of aromatic nitrogens is 2. The van der Waals surface area contributed by atoms with Gasteiger partial charge in [0.05, 0.1) is 24.3 Å². The minimum absolute atomic E-state index is 0.490. The number of methoxy groups -OCH3 is 1. The zero-order valence-electron chi connectivity index (χ0n) is 16.0. The smallest absolute Gasteiger partial charge is 0.433 e. The number of rotatable bonds is 5. The second-order valence-electron chi connectivity index (χ2n) is 6.50. The van der Waals surface area contributed by atoms with E-state index in [-0.39, 0.29) is 0 Å². The zero-order chi connectivity index (χ0) is 20.5. The van der Waals surface area contributed by atoms with Gasteiger partial charge in [0.15, 0.2) is 0 Å². The second-order valence-corrected chi connectivity index (χ2v) is 7.39. The Morgan fingerprint density at radius 3 is 2.57 bits per heavy atom. The first-order valence-electron chi connectivity index (χ1n) is 8.53. The number of hydrogen-bond acceptors (Lipinski definition) is 5. The Hall–Kier alpha value is -2.61. The standard InChI is InChI=1S/C20H20F3N3OS/c1-12-9-25-16(13(2)19(12)27-4)10-26(3)18-8-15(11-28-18)14-5-6-24-17(7-14)20(21,22)23/h5-9,11H,10H2,1-4H3. The van der Waals surface area contributed by atoms with Crippen LogP contribution in [0.15, 0.2) is 36.0 Å². The first-order chi connectivity index (χ1) is 13.2.